The van der Waals surface area contributed by atoms with Crippen molar-refractivity contribution in [2.24, 2.45) is 0 Å². The molecule has 0 fully saturated rings. The predicted octanol–water partition coefficient (Wildman–Crippen LogP) is 4.07. The number of carboxylic acid groups (broad SMARTS) is 1. The van der Waals surface area contributed by atoms with Crippen molar-refractivity contribution in [2.75, 3.05) is 5.32 Å². The van der Waals surface area contributed by atoms with E-state index in [9.17, 15) is 14.7 Å². The van der Waals surface area contributed by atoms with Crippen molar-refractivity contribution in [3.05, 3.63) is 52.2 Å². The van der Waals surface area contributed by atoms with Gasteiger partial charge in [-0.05, 0) is 55.8 Å². The molecule has 0 unspecified atom stereocenters. The van der Waals surface area contributed by atoms with Crippen molar-refractivity contribution in [3.8, 4) is 0 Å². The van der Waals surface area contributed by atoms with E-state index in [1.807, 2.05) is 11.4 Å². The third-order valence-electron chi connectivity index (χ3n) is 3.83. The zero-order valence-electron chi connectivity index (χ0n) is 13.3. The number of anilines is 1. The molecule has 0 aliphatic carbocycles. The molecule has 1 amide bonds. The Morgan fingerprint density at radius 3 is 2.43 bits per heavy atom. The summed E-state index contributed by atoms with van der Waals surface area (Å²) >= 11 is 1.71. The summed E-state index contributed by atoms with van der Waals surface area (Å²) in [6.07, 6.45) is 2.20. The highest BCUT2D eigenvalue weighted by Crippen LogP contribution is 2.24. The van der Waals surface area contributed by atoms with Gasteiger partial charge in [0.15, 0.2) is 0 Å². The highest BCUT2D eigenvalue weighted by atomic mass is 32.1. The molecular weight excluding hydrogens is 310 g/mol. The Kier molecular flexibility index (Phi) is 5.55. The van der Waals surface area contributed by atoms with Gasteiger partial charge in [-0.25, -0.2) is 0 Å². The molecular formula is C18H21NO3S. The van der Waals surface area contributed by atoms with E-state index >= 15 is 0 Å². The van der Waals surface area contributed by atoms with Crippen LogP contribution in [-0.4, -0.2) is 17.0 Å². The molecule has 1 aromatic carbocycles. The monoisotopic (exact) mass is 331 g/mol. The molecule has 1 heterocycles. The summed E-state index contributed by atoms with van der Waals surface area (Å²) in [6, 6.07) is 11.1. The Morgan fingerprint density at radius 1 is 1.17 bits per heavy atom. The Morgan fingerprint density at radius 2 is 1.87 bits per heavy atom. The summed E-state index contributed by atoms with van der Waals surface area (Å²) in [6.45, 7) is 3.32. The maximum Gasteiger partial charge on any atom is 0.313 e. The number of aliphatic carboxylic acids is 1. The maximum absolute atomic E-state index is 11.9. The van der Waals surface area contributed by atoms with E-state index < -0.39 is 11.4 Å². The van der Waals surface area contributed by atoms with Crippen molar-refractivity contribution in [1.82, 2.24) is 0 Å². The number of amides is 1. The average Bonchev–Trinajstić information content (AvgIpc) is 3.01. The number of hydrogen-bond donors (Lipinski definition) is 2. The molecule has 0 radical (unpaired) electrons. The Bertz CT molecular complexity index is 660. The number of hydrogen-bond acceptors (Lipinski definition) is 3. The van der Waals surface area contributed by atoms with Crippen LogP contribution in [0.1, 0.15) is 37.1 Å². The van der Waals surface area contributed by atoms with E-state index in [0.29, 0.717) is 17.7 Å². The molecule has 5 heteroatoms. The molecule has 1 aromatic heterocycles. The lowest BCUT2D eigenvalue weighted by Crippen LogP contribution is -2.28. The van der Waals surface area contributed by atoms with Crippen molar-refractivity contribution < 1.29 is 14.7 Å². The van der Waals surface area contributed by atoms with Crippen molar-refractivity contribution in [1.29, 1.82) is 0 Å². The van der Waals surface area contributed by atoms with Crippen LogP contribution in [0.5, 0.6) is 0 Å². The lowest BCUT2D eigenvalue weighted by molar-refractivity contribution is -0.142. The highest BCUT2D eigenvalue weighted by Gasteiger charge is 2.29. The van der Waals surface area contributed by atoms with Gasteiger partial charge in [0.05, 0.1) is 5.41 Å². The third-order valence-corrected chi connectivity index (χ3v) is 4.77. The summed E-state index contributed by atoms with van der Waals surface area (Å²) in [5.41, 5.74) is 0.459. The first kappa shape index (κ1) is 17.2. The molecule has 0 aliphatic heterocycles. The minimum absolute atomic E-state index is 0.0215. The molecule has 4 nitrogen and oxygen atoms in total. The molecule has 0 saturated carbocycles. The maximum atomic E-state index is 11.9. The van der Waals surface area contributed by atoms with Gasteiger partial charge in [-0.3, -0.25) is 9.59 Å². The SMILES string of the molecule is CC(C)(C(=O)O)c1ccc(NC(=O)CCCc2cccs2)cc1. The number of carbonyl (C=O) groups excluding carboxylic acids is 1. The van der Waals surface area contributed by atoms with E-state index in [-0.39, 0.29) is 5.91 Å². The Labute approximate surface area is 140 Å². The van der Waals surface area contributed by atoms with Gasteiger partial charge in [-0.1, -0.05) is 18.2 Å². The van der Waals surface area contributed by atoms with Crippen molar-refractivity contribution in [2.45, 2.75) is 38.5 Å². The molecule has 0 spiro atoms. The topological polar surface area (TPSA) is 66.4 Å². The van der Waals surface area contributed by atoms with Gasteiger partial charge in [0, 0.05) is 17.0 Å². The number of benzene rings is 1. The largest absolute Gasteiger partial charge is 0.481 e. The normalized spacial score (nSPS) is 11.2. The quantitative estimate of drug-likeness (QED) is 0.803. The van der Waals surface area contributed by atoms with Crippen molar-refractivity contribution in [3.63, 3.8) is 0 Å². The Hall–Kier alpha value is -2.14. The molecule has 122 valence electrons. The van der Waals surface area contributed by atoms with Gasteiger partial charge in [-0.15, -0.1) is 11.3 Å². The zero-order valence-corrected chi connectivity index (χ0v) is 14.2. The predicted molar refractivity (Wildman–Crippen MR) is 93.0 cm³/mol. The summed E-state index contributed by atoms with van der Waals surface area (Å²) < 4.78 is 0. The van der Waals surface area contributed by atoms with Crippen LogP contribution in [-0.2, 0) is 21.4 Å². The second kappa shape index (κ2) is 7.42. The molecule has 2 N–H and O–H groups in total. The first-order chi connectivity index (χ1) is 10.9. The molecule has 0 bridgehead atoms. The van der Waals surface area contributed by atoms with Gasteiger partial charge in [0.25, 0.3) is 0 Å². The van der Waals surface area contributed by atoms with Crippen LogP contribution >= 0.6 is 11.3 Å². The molecule has 0 saturated heterocycles. The van der Waals surface area contributed by atoms with Gasteiger partial charge in [-0.2, -0.15) is 0 Å². The number of carbonyl (C=O) groups is 2. The van der Waals surface area contributed by atoms with Crippen LogP contribution in [0, 0.1) is 0 Å². The molecule has 0 aliphatic rings. The molecule has 2 aromatic rings. The fourth-order valence-corrected chi connectivity index (χ4v) is 2.95. The average molecular weight is 331 g/mol. The lowest BCUT2D eigenvalue weighted by atomic mass is 9.85. The minimum Gasteiger partial charge on any atom is -0.481 e. The number of carboxylic acids is 1. The van der Waals surface area contributed by atoms with Gasteiger partial charge in [0.2, 0.25) is 5.91 Å². The van der Waals surface area contributed by atoms with Crippen LogP contribution in [0.25, 0.3) is 0 Å². The fourth-order valence-electron chi connectivity index (χ4n) is 2.20. The zero-order chi connectivity index (χ0) is 16.9. The van der Waals surface area contributed by atoms with E-state index in [0.717, 1.165) is 12.8 Å². The number of rotatable bonds is 7. The summed E-state index contributed by atoms with van der Waals surface area (Å²) in [7, 11) is 0. The highest BCUT2D eigenvalue weighted by molar-refractivity contribution is 7.09. The minimum atomic E-state index is -0.941. The second-order valence-corrected chi connectivity index (χ2v) is 7.02. The number of nitrogens with one attached hydrogen (secondary N) is 1. The third kappa shape index (κ3) is 4.66. The van der Waals surface area contributed by atoms with E-state index in [2.05, 4.69) is 11.4 Å². The summed E-state index contributed by atoms with van der Waals surface area (Å²) in [5.74, 6) is -0.894. The van der Waals surface area contributed by atoms with Crippen LogP contribution in [0.3, 0.4) is 0 Å². The van der Waals surface area contributed by atoms with Gasteiger partial charge >= 0.3 is 5.97 Å². The standard InChI is InChI=1S/C18H21NO3S/c1-18(2,17(21)22)13-8-10-14(11-9-13)19-16(20)7-3-5-15-6-4-12-23-15/h4,6,8-12H,3,5,7H2,1-2H3,(H,19,20)(H,21,22). The smallest absolute Gasteiger partial charge is 0.313 e. The first-order valence-corrected chi connectivity index (χ1v) is 8.44. The van der Waals surface area contributed by atoms with Gasteiger partial charge in [0.1, 0.15) is 0 Å². The molecule has 2 rings (SSSR count). The van der Waals surface area contributed by atoms with Crippen LogP contribution in [0.4, 0.5) is 5.69 Å². The van der Waals surface area contributed by atoms with Crippen LogP contribution in [0.2, 0.25) is 0 Å². The van der Waals surface area contributed by atoms with Gasteiger partial charge < -0.3 is 10.4 Å². The van der Waals surface area contributed by atoms with E-state index in [4.69, 9.17) is 0 Å². The van der Waals surface area contributed by atoms with E-state index in [1.165, 1.54) is 4.88 Å². The van der Waals surface area contributed by atoms with Crippen LogP contribution < -0.4 is 5.32 Å². The lowest BCUT2D eigenvalue weighted by Gasteiger charge is -2.19. The van der Waals surface area contributed by atoms with E-state index in [1.54, 1.807) is 49.4 Å². The fraction of sp³-hybridized carbons (Fsp3) is 0.333. The number of thiophene rings is 1. The first-order valence-electron chi connectivity index (χ1n) is 7.56. The Balaban J connectivity index is 1.85. The summed E-state index contributed by atoms with van der Waals surface area (Å²) in [4.78, 5) is 24.5. The number of aryl methyl sites for hydroxylation is 1. The molecule has 23 heavy (non-hydrogen) atoms. The second-order valence-electron chi connectivity index (χ2n) is 5.99. The van der Waals surface area contributed by atoms with Crippen molar-refractivity contribution >= 4 is 28.9 Å². The molecule has 0 atom stereocenters. The van der Waals surface area contributed by atoms with Crippen LogP contribution in [0.15, 0.2) is 41.8 Å². The summed E-state index contributed by atoms with van der Waals surface area (Å²) in [5, 5.41) is 14.1.